The number of benzene rings is 1. The molecule has 1 heterocycles. The summed E-state index contributed by atoms with van der Waals surface area (Å²) in [5, 5.41) is 0. The Morgan fingerprint density at radius 2 is 1.76 bits per heavy atom. The lowest BCUT2D eigenvalue weighted by Gasteiger charge is -2.18. The van der Waals surface area contributed by atoms with E-state index < -0.39 is 0 Å². The molecule has 0 amide bonds. The summed E-state index contributed by atoms with van der Waals surface area (Å²) in [6.45, 7) is 4.00. The van der Waals surface area contributed by atoms with E-state index in [0.717, 1.165) is 22.5 Å². The zero-order valence-electron chi connectivity index (χ0n) is 10.1. The van der Waals surface area contributed by atoms with Crippen LogP contribution in [0.3, 0.4) is 0 Å². The predicted molar refractivity (Wildman–Crippen MR) is 69.3 cm³/mol. The molecule has 1 aromatic carbocycles. The zero-order valence-corrected chi connectivity index (χ0v) is 10.1. The third-order valence-electron chi connectivity index (χ3n) is 2.88. The number of nitrogens with two attached hydrogens (primary N) is 1. The van der Waals surface area contributed by atoms with Gasteiger partial charge in [0.15, 0.2) is 0 Å². The number of hydrogen-bond acceptors (Lipinski definition) is 3. The Kier molecular flexibility index (Phi) is 3.52. The molecule has 0 saturated heterocycles. The predicted octanol–water partition coefficient (Wildman–Crippen LogP) is 2.25. The van der Waals surface area contributed by atoms with Crippen molar-refractivity contribution in [2.75, 3.05) is 0 Å². The number of nitrogens with zero attached hydrogens (tertiary/aromatic N) is 1. The van der Waals surface area contributed by atoms with Crippen LogP contribution in [-0.2, 0) is 0 Å². The second-order valence-corrected chi connectivity index (χ2v) is 4.14. The van der Waals surface area contributed by atoms with Crippen molar-refractivity contribution in [3.63, 3.8) is 0 Å². The van der Waals surface area contributed by atoms with Crippen molar-refractivity contribution in [2.45, 2.75) is 19.9 Å². The van der Waals surface area contributed by atoms with Crippen molar-refractivity contribution in [1.29, 1.82) is 0 Å². The van der Waals surface area contributed by atoms with Gasteiger partial charge in [0.05, 0.1) is 6.04 Å². The number of nitrogens with one attached hydrogen (secondary N) is 1. The largest absolute Gasteiger partial charge is 0.271 e. The lowest BCUT2D eigenvalue weighted by Crippen LogP contribution is -2.29. The second-order valence-electron chi connectivity index (χ2n) is 4.14. The molecule has 3 N–H and O–H groups in total. The van der Waals surface area contributed by atoms with E-state index in [2.05, 4.69) is 28.6 Å². The van der Waals surface area contributed by atoms with Gasteiger partial charge < -0.3 is 0 Å². The van der Waals surface area contributed by atoms with Gasteiger partial charge in [0.2, 0.25) is 0 Å². The fourth-order valence-corrected chi connectivity index (χ4v) is 2.01. The van der Waals surface area contributed by atoms with Crippen LogP contribution in [0.5, 0.6) is 0 Å². The van der Waals surface area contributed by atoms with Gasteiger partial charge in [-0.25, -0.2) is 5.43 Å². The molecule has 1 atom stereocenters. The molecule has 3 nitrogen and oxygen atoms in total. The Balaban J connectivity index is 2.42. The van der Waals surface area contributed by atoms with E-state index in [0.29, 0.717) is 0 Å². The maximum Gasteiger partial charge on any atom is 0.0727 e. The first-order valence-electron chi connectivity index (χ1n) is 5.67. The number of hydrogen-bond donors (Lipinski definition) is 2. The summed E-state index contributed by atoms with van der Waals surface area (Å²) in [5.74, 6) is 5.67. The van der Waals surface area contributed by atoms with Gasteiger partial charge in [-0.2, -0.15) is 0 Å². The summed E-state index contributed by atoms with van der Waals surface area (Å²) in [7, 11) is 0. The molecule has 0 radical (unpaired) electrons. The third kappa shape index (κ3) is 2.52. The molecule has 2 aromatic rings. The SMILES string of the molecule is Cc1ccc(C(NN)c2ccccc2)c(C)n1. The van der Waals surface area contributed by atoms with E-state index in [-0.39, 0.29) is 6.04 Å². The van der Waals surface area contributed by atoms with Gasteiger partial charge in [-0.15, -0.1) is 0 Å². The van der Waals surface area contributed by atoms with Crippen LogP contribution in [0, 0.1) is 13.8 Å². The molecule has 0 spiro atoms. The third-order valence-corrected chi connectivity index (χ3v) is 2.88. The fraction of sp³-hybridized carbons (Fsp3) is 0.214. The highest BCUT2D eigenvalue weighted by Gasteiger charge is 2.14. The van der Waals surface area contributed by atoms with Crippen molar-refractivity contribution in [2.24, 2.45) is 5.84 Å². The van der Waals surface area contributed by atoms with Crippen molar-refractivity contribution in [3.8, 4) is 0 Å². The van der Waals surface area contributed by atoms with Crippen LogP contribution >= 0.6 is 0 Å². The minimum Gasteiger partial charge on any atom is -0.271 e. The monoisotopic (exact) mass is 227 g/mol. The molecule has 1 unspecified atom stereocenters. The van der Waals surface area contributed by atoms with E-state index in [9.17, 15) is 0 Å². The van der Waals surface area contributed by atoms with Crippen LogP contribution in [0.4, 0.5) is 0 Å². The standard InChI is InChI=1S/C14H17N3/c1-10-8-9-13(11(2)16-10)14(17-15)12-6-4-3-5-7-12/h3-9,14,17H,15H2,1-2H3. The summed E-state index contributed by atoms with van der Waals surface area (Å²) < 4.78 is 0. The van der Waals surface area contributed by atoms with Gasteiger partial charge in [-0.1, -0.05) is 36.4 Å². The number of rotatable bonds is 3. The molecule has 17 heavy (non-hydrogen) atoms. The van der Waals surface area contributed by atoms with Crippen molar-refractivity contribution in [1.82, 2.24) is 10.4 Å². The van der Waals surface area contributed by atoms with Crippen LogP contribution in [-0.4, -0.2) is 4.98 Å². The van der Waals surface area contributed by atoms with Crippen molar-refractivity contribution < 1.29 is 0 Å². The molecule has 0 fully saturated rings. The van der Waals surface area contributed by atoms with Crippen molar-refractivity contribution >= 4 is 0 Å². The minimum atomic E-state index is -0.00991. The maximum absolute atomic E-state index is 5.67. The first-order chi connectivity index (χ1) is 8.22. The van der Waals surface area contributed by atoms with Crippen LogP contribution in [0.2, 0.25) is 0 Å². The van der Waals surface area contributed by atoms with Gasteiger partial charge in [0.25, 0.3) is 0 Å². The quantitative estimate of drug-likeness (QED) is 0.624. The van der Waals surface area contributed by atoms with Crippen LogP contribution in [0.1, 0.15) is 28.6 Å². The lowest BCUT2D eigenvalue weighted by molar-refractivity contribution is 0.630. The molecule has 0 saturated carbocycles. The highest BCUT2D eigenvalue weighted by atomic mass is 15.2. The zero-order chi connectivity index (χ0) is 12.3. The molecule has 88 valence electrons. The van der Waals surface area contributed by atoms with Gasteiger partial charge in [-0.05, 0) is 31.0 Å². The average molecular weight is 227 g/mol. The summed E-state index contributed by atoms with van der Waals surface area (Å²) in [6.07, 6.45) is 0. The van der Waals surface area contributed by atoms with Crippen LogP contribution in [0.25, 0.3) is 0 Å². The van der Waals surface area contributed by atoms with Gasteiger partial charge in [-0.3, -0.25) is 10.8 Å². The summed E-state index contributed by atoms with van der Waals surface area (Å²) >= 11 is 0. The second kappa shape index (κ2) is 5.08. The Morgan fingerprint density at radius 3 is 2.35 bits per heavy atom. The molecule has 2 rings (SSSR count). The maximum atomic E-state index is 5.67. The average Bonchev–Trinajstić information content (AvgIpc) is 2.34. The molecule has 0 bridgehead atoms. The minimum absolute atomic E-state index is 0.00991. The van der Waals surface area contributed by atoms with Gasteiger partial charge in [0, 0.05) is 11.4 Å². The molecule has 3 heteroatoms. The number of pyridine rings is 1. The molecule has 0 aliphatic heterocycles. The Bertz CT molecular complexity index is 494. The summed E-state index contributed by atoms with van der Waals surface area (Å²) in [6, 6.07) is 14.2. The number of aryl methyl sites for hydroxylation is 2. The highest BCUT2D eigenvalue weighted by Crippen LogP contribution is 2.23. The first-order valence-corrected chi connectivity index (χ1v) is 5.67. The number of hydrazine groups is 1. The van der Waals surface area contributed by atoms with E-state index in [1.54, 1.807) is 0 Å². The first kappa shape index (κ1) is 11.8. The number of aromatic nitrogens is 1. The Morgan fingerprint density at radius 1 is 1.06 bits per heavy atom. The topological polar surface area (TPSA) is 50.9 Å². The summed E-state index contributed by atoms with van der Waals surface area (Å²) in [4.78, 5) is 4.47. The van der Waals surface area contributed by atoms with Gasteiger partial charge >= 0.3 is 0 Å². The molecular formula is C14H17N3. The summed E-state index contributed by atoms with van der Waals surface area (Å²) in [5.41, 5.74) is 7.15. The van der Waals surface area contributed by atoms with Crippen LogP contribution < -0.4 is 11.3 Å². The van der Waals surface area contributed by atoms with E-state index >= 15 is 0 Å². The fourth-order valence-electron chi connectivity index (χ4n) is 2.01. The molecule has 0 aliphatic carbocycles. The molecule has 1 aromatic heterocycles. The normalized spacial score (nSPS) is 12.4. The van der Waals surface area contributed by atoms with Gasteiger partial charge in [0.1, 0.15) is 0 Å². The highest BCUT2D eigenvalue weighted by molar-refractivity contribution is 5.34. The van der Waals surface area contributed by atoms with Crippen LogP contribution in [0.15, 0.2) is 42.5 Å². The van der Waals surface area contributed by atoms with E-state index in [1.165, 1.54) is 0 Å². The molecule has 0 aliphatic rings. The Hall–Kier alpha value is -1.71. The Labute approximate surface area is 102 Å². The molecular weight excluding hydrogens is 210 g/mol. The lowest BCUT2D eigenvalue weighted by atomic mass is 9.98. The van der Waals surface area contributed by atoms with E-state index in [1.807, 2.05) is 38.1 Å². The smallest absolute Gasteiger partial charge is 0.0727 e. The van der Waals surface area contributed by atoms with E-state index in [4.69, 9.17) is 5.84 Å². The van der Waals surface area contributed by atoms with Crippen molar-refractivity contribution in [3.05, 3.63) is 65.0 Å².